The van der Waals surface area contributed by atoms with Gasteiger partial charge in [0.05, 0.1) is 11.6 Å². The number of rotatable bonds is 3. The predicted octanol–water partition coefficient (Wildman–Crippen LogP) is 2.87. The van der Waals surface area contributed by atoms with Crippen molar-refractivity contribution in [2.24, 2.45) is 11.7 Å². The van der Waals surface area contributed by atoms with Crippen LogP contribution < -0.4 is 5.73 Å². The van der Waals surface area contributed by atoms with Crippen molar-refractivity contribution < 1.29 is 18.0 Å². The SMILES string of the molecule is CC(C)C(N)C(=O)c1cccc(C(F)(F)F)c1. The highest BCUT2D eigenvalue weighted by atomic mass is 19.4. The zero-order chi connectivity index (χ0) is 13.2. The highest BCUT2D eigenvalue weighted by Crippen LogP contribution is 2.29. The first-order valence-electron chi connectivity index (χ1n) is 5.20. The molecule has 0 heterocycles. The number of carbonyl (C=O) groups is 1. The van der Waals surface area contributed by atoms with Gasteiger partial charge in [-0.15, -0.1) is 0 Å². The summed E-state index contributed by atoms with van der Waals surface area (Å²) in [6.07, 6.45) is -4.45. The van der Waals surface area contributed by atoms with Crippen LogP contribution in [0.1, 0.15) is 29.8 Å². The summed E-state index contributed by atoms with van der Waals surface area (Å²) in [5, 5.41) is 0. The standard InChI is InChI=1S/C12H14F3NO/c1-7(2)10(16)11(17)8-4-3-5-9(6-8)12(13,14)15/h3-7,10H,16H2,1-2H3. The Balaban J connectivity index is 3.04. The summed E-state index contributed by atoms with van der Waals surface area (Å²) in [5.74, 6) is -0.580. The van der Waals surface area contributed by atoms with Crippen molar-refractivity contribution in [3.63, 3.8) is 0 Å². The number of halogens is 3. The summed E-state index contributed by atoms with van der Waals surface area (Å²) >= 11 is 0. The number of alkyl halides is 3. The molecule has 1 aromatic rings. The van der Waals surface area contributed by atoms with Crippen molar-refractivity contribution in [3.05, 3.63) is 35.4 Å². The van der Waals surface area contributed by atoms with Crippen LogP contribution in [0, 0.1) is 5.92 Å². The third-order valence-corrected chi connectivity index (χ3v) is 2.50. The summed E-state index contributed by atoms with van der Waals surface area (Å²) in [6.45, 7) is 3.49. The summed E-state index contributed by atoms with van der Waals surface area (Å²) in [6, 6.07) is 3.55. The molecule has 94 valence electrons. The number of nitrogens with two attached hydrogens (primary N) is 1. The van der Waals surface area contributed by atoms with Gasteiger partial charge in [0, 0.05) is 5.56 Å². The van der Waals surface area contributed by atoms with E-state index in [9.17, 15) is 18.0 Å². The number of ketones is 1. The van der Waals surface area contributed by atoms with Gasteiger partial charge < -0.3 is 5.73 Å². The minimum atomic E-state index is -4.45. The van der Waals surface area contributed by atoms with Crippen molar-refractivity contribution >= 4 is 5.78 Å². The molecule has 1 unspecified atom stereocenters. The fourth-order valence-electron chi connectivity index (χ4n) is 1.34. The molecule has 0 radical (unpaired) electrons. The average Bonchev–Trinajstić information content (AvgIpc) is 2.26. The summed E-state index contributed by atoms with van der Waals surface area (Å²) < 4.78 is 37.3. The molecule has 17 heavy (non-hydrogen) atoms. The first-order valence-corrected chi connectivity index (χ1v) is 5.20. The van der Waals surface area contributed by atoms with Gasteiger partial charge in [-0.05, 0) is 18.1 Å². The van der Waals surface area contributed by atoms with Crippen molar-refractivity contribution in [3.8, 4) is 0 Å². The van der Waals surface area contributed by atoms with Crippen LogP contribution in [0.4, 0.5) is 13.2 Å². The van der Waals surface area contributed by atoms with E-state index in [1.165, 1.54) is 12.1 Å². The Morgan fingerprint density at radius 3 is 2.35 bits per heavy atom. The maximum Gasteiger partial charge on any atom is 0.416 e. The lowest BCUT2D eigenvalue weighted by Gasteiger charge is -2.15. The van der Waals surface area contributed by atoms with Crippen LogP contribution in [0.15, 0.2) is 24.3 Å². The third kappa shape index (κ3) is 3.30. The molecule has 1 aromatic carbocycles. The summed E-state index contributed by atoms with van der Waals surface area (Å²) in [7, 11) is 0. The fourth-order valence-corrected chi connectivity index (χ4v) is 1.34. The molecule has 0 spiro atoms. The highest BCUT2D eigenvalue weighted by Gasteiger charge is 2.31. The largest absolute Gasteiger partial charge is 0.416 e. The molecule has 0 saturated heterocycles. The highest BCUT2D eigenvalue weighted by molar-refractivity contribution is 6.00. The van der Waals surface area contributed by atoms with Gasteiger partial charge in [0.1, 0.15) is 0 Å². The molecule has 0 fully saturated rings. The molecule has 2 N–H and O–H groups in total. The van der Waals surface area contributed by atoms with Crippen LogP contribution >= 0.6 is 0 Å². The van der Waals surface area contributed by atoms with E-state index in [2.05, 4.69) is 0 Å². The molecular weight excluding hydrogens is 231 g/mol. The summed E-state index contributed by atoms with van der Waals surface area (Å²) in [4.78, 5) is 11.8. The van der Waals surface area contributed by atoms with Gasteiger partial charge in [-0.3, -0.25) is 4.79 Å². The molecule has 0 saturated carbocycles. The van der Waals surface area contributed by atoms with Crippen LogP contribution in [0.3, 0.4) is 0 Å². The van der Waals surface area contributed by atoms with Gasteiger partial charge in [0.25, 0.3) is 0 Å². The Kier molecular flexibility index (Phi) is 3.93. The number of hydrogen-bond donors (Lipinski definition) is 1. The van der Waals surface area contributed by atoms with E-state index in [4.69, 9.17) is 5.73 Å². The van der Waals surface area contributed by atoms with Crippen molar-refractivity contribution in [1.29, 1.82) is 0 Å². The zero-order valence-electron chi connectivity index (χ0n) is 9.58. The molecule has 5 heteroatoms. The van der Waals surface area contributed by atoms with E-state index < -0.39 is 23.6 Å². The minimum Gasteiger partial charge on any atom is -0.321 e. The molecule has 2 nitrogen and oxygen atoms in total. The second kappa shape index (κ2) is 4.87. The topological polar surface area (TPSA) is 43.1 Å². The maximum atomic E-state index is 12.4. The van der Waals surface area contributed by atoms with Crippen LogP contribution in [0.2, 0.25) is 0 Å². The van der Waals surface area contributed by atoms with Gasteiger partial charge in [0.15, 0.2) is 5.78 Å². The van der Waals surface area contributed by atoms with E-state index >= 15 is 0 Å². The van der Waals surface area contributed by atoms with Gasteiger partial charge in [-0.25, -0.2) is 0 Å². The van der Waals surface area contributed by atoms with Gasteiger partial charge in [-0.2, -0.15) is 13.2 Å². The monoisotopic (exact) mass is 245 g/mol. The quantitative estimate of drug-likeness (QED) is 0.832. The molecule has 0 amide bonds. The van der Waals surface area contributed by atoms with Gasteiger partial charge >= 0.3 is 6.18 Å². The van der Waals surface area contributed by atoms with Gasteiger partial charge in [-0.1, -0.05) is 26.0 Å². The van der Waals surface area contributed by atoms with E-state index in [-0.39, 0.29) is 11.5 Å². The van der Waals surface area contributed by atoms with E-state index in [1.807, 2.05) is 0 Å². The normalized spacial score (nSPS) is 13.8. The minimum absolute atomic E-state index is 0.000949. The molecule has 1 rings (SSSR count). The lowest BCUT2D eigenvalue weighted by Crippen LogP contribution is -2.35. The summed E-state index contributed by atoms with van der Waals surface area (Å²) in [5.41, 5.74) is 4.79. The van der Waals surface area contributed by atoms with Crippen molar-refractivity contribution in [1.82, 2.24) is 0 Å². The van der Waals surface area contributed by atoms with Crippen LogP contribution in [0.25, 0.3) is 0 Å². The smallest absolute Gasteiger partial charge is 0.321 e. The molecule has 0 aliphatic rings. The van der Waals surface area contributed by atoms with Crippen LogP contribution in [-0.2, 0) is 6.18 Å². The van der Waals surface area contributed by atoms with E-state index in [0.717, 1.165) is 12.1 Å². The number of carbonyl (C=O) groups excluding carboxylic acids is 1. The molecular formula is C12H14F3NO. The second-order valence-electron chi connectivity index (χ2n) is 4.21. The zero-order valence-corrected chi connectivity index (χ0v) is 9.58. The fraction of sp³-hybridized carbons (Fsp3) is 0.417. The Morgan fingerprint density at radius 2 is 1.88 bits per heavy atom. The van der Waals surface area contributed by atoms with Crippen molar-refractivity contribution in [2.75, 3.05) is 0 Å². The first kappa shape index (κ1) is 13.7. The molecule has 0 aliphatic carbocycles. The molecule has 1 atom stereocenters. The Labute approximate surface area is 97.6 Å². The molecule has 0 aliphatic heterocycles. The molecule has 0 bridgehead atoms. The first-order chi connectivity index (χ1) is 7.73. The number of benzene rings is 1. The lowest BCUT2D eigenvalue weighted by atomic mass is 9.95. The second-order valence-corrected chi connectivity index (χ2v) is 4.21. The number of Topliss-reactive ketones (excluding diaryl/α,β-unsaturated/α-hetero) is 1. The average molecular weight is 245 g/mol. The van der Waals surface area contributed by atoms with E-state index in [0.29, 0.717) is 0 Å². The predicted molar refractivity (Wildman–Crippen MR) is 58.6 cm³/mol. The van der Waals surface area contributed by atoms with Crippen molar-refractivity contribution in [2.45, 2.75) is 26.1 Å². The Morgan fingerprint density at radius 1 is 1.29 bits per heavy atom. The Bertz CT molecular complexity index is 412. The number of hydrogen-bond acceptors (Lipinski definition) is 2. The lowest BCUT2D eigenvalue weighted by molar-refractivity contribution is -0.137. The maximum absolute atomic E-state index is 12.4. The van der Waals surface area contributed by atoms with Gasteiger partial charge in [0.2, 0.25) is 0 Å². The van der Waals surface area contributed by atoms with Crippen LogP contribution in [0.5, 0.6) is 0 Å². The molecule has 0 aromatic heterocycles. The third-order valence-electron chi connectivity index (χ3n) is 2.50. The van der Waals surface area contributed by atoms with E-state index in [1.54, 1.807) is 13.8 Å². The van der Waals surface area contributed by atoms with Crippen LogP contribution in [-0.4, -0.2) is 11.8 Å². The Hall–Kier alpha value is -1.36.